The van der Waals surface area contributed by atoms with Gasteiger partial charge >= 0.3 is 0 Å². The van der Waals surface area contributed by atoms with E-state index >= 15 is 0 Å². The highest BCUT2D eigenvalue weighted by atomic mass is 19.1. The first kappa shape index (κ1) is 14.4. The zero-order valence-electron chi connectivity index (χ0n) is 12.2. The summed E-state index contributed by atoms with van der Waals surface area (Å²) in [5.74, 6) is -0.641. The van der Waals surface area contributed by atoms with E-state index in [1.54, 1.807) is 42.5 Å². The van der Waals surface area contributed by atoms with E-state index in [-0.39, 0.29) is 17.5 Å². The summed E-state index contributed by atoms with van der Waals surface area (Å²) in [6.07, 6.45) is 1.26. The van der Waals surface area contributed by atoms with Crippen LogP contribution in [0.15, 0.2) is 48.5 Å². The Kier molecular flexibility index (Phi) is 3.53. The Morgan fingerprint density at radius 2 is 1.82 bits per heavy atom. The number of carbonyl (C=O) groups is 2. The molecule has 1 fully saturated rings. The third kappa shape index (κ3) is 2.52. The number of rotatable bonds is 4. The maximum absolute atomic E-state index is 14.0. The first-order chi connectivity index (χ1) is 10.5. The van der Waals surface area contributed by atoms with E-state index in [1.807, 2.05) is 0 Å². The number of ketones is 1. The molecule has 0 heterocycles. The van der Waals surface area contributed by atoms with E-state index in [1.165, 1.54) is 13.0 Å². The minimum absolute atomic E-state index is 0.0636. The second-order valence-electron chi connectivity index (χ2n) is 5.65. The summed E-state index contributed by atoms with van der Waals surface area (Å²) >= 11 is 0. The standard InChI is InChI=1S/C18H16FNO2/c1-12(21)13-5-4-6-14(11-13)20-17(22)18(9-10-18)15-7-2-3-8-16(15)19/h2-8,11H,9-10H2,1H3,(H,20,22). The first-order valence-electron chi connectivity index (χ1n) is 7.20. The maximum atomic E-state index is 14.0. The molecular formula is C18H16FNO2. The van der Waals surface area contributed by atoms with Gasteiger partial charge in [-0.1, -0.05) is 30.3 Å². The van der Waals surface area contributed by atoms with Gasteiger partial charge in [0.15, 0.2) is 5.78 Å². The molecule has 4 heteroatoms. The van der Waals surface area contributed by atoms with Gasteiger partial charge in [0.2, 0.25) is 5.91 Å². The lowest BCUT2D eigenvalue weighted by Gasteiger charge is -2.16. The summed E-state index contributed by atoms with van der Waals surface area (Å²) in [5.41, 5.74) is 0.751. The number of benzene rings is 2. The second-order valence-corrected chi connectivity index (χ2v) is 5.65. The molecule has 0 aliphatic heterocycles. The maximum Gasteiger partial charge on any atom is 0.235 e. The number of carbonyl (C=O) groups excluding carboxylic acids is 2. The van der Waals surface area contributed by atoms with Crippen LogP contribution in [0.25, 0.3) is 0 Å². The van der Waals surface area contributed by atoms with Crippen molar-refractivity contribution >= 4 is 17.4 Å². The fourth-order valence-corrected chi connectivity index (χ4v) is 2.66. The molecular weight excluding hydrogens is 281 g/mol. The monoisotopic (exact) mass is 297 g/mol. The van der Waals surface area contributed by atoms with Crippen molar-refractivity contribution in [3.05, 3.63) is 65.5 Å². The number of halogens is 1. The van der Waals surface area contributed by atoms with E-state index in [0.717, 1.165) is 0 Å². The summed E-state index contributed by atoms with van der Waals surface area (Å²) < 4.78 is 14.0. The SMILES string of the molecule is CC(=O)c1cccc(NC(=O)C2(c3ccccc3F)CC2)c1. The number of nitrogens with one attached hydrogen (secondary N) is 1. The van der Waals surface area contributed by atoms with E-state index in [0.29, 0.717) is 29.7 Å². The minimum atomic E-state index is -0.780. The van der Waals surface area contributed by atoms with Gasteiger partial charge in [-0.05, 0) is 38.0 Å². The Balaban J connectivity index is 1.85. The van der Waals surface area contributed by atoms with Gasteiger partial charge in [-0.3, -0.25) is 9.59 Å². The van der Waals surface area contributed by atoms with Gasteiger partial charge in [0, 0.05) is 16.8 Å². The Morgan fingerprint density at radius 1 is 1.09 bits per heavy atom. The molecule has 3 nitrogen and oxygen atoms in total. The molecule has 0 saturated heterocycles. The van der Waals surface area contributed by atoms with Crippen molar-refractivity contribution < 1.29 is 14.0 Å². The molecule has 1 aliphatic carbocycles. The van der Waals surface area contributed by atoms with Gasteiger partial charge in [0.25, 0.3) is 0 Å². The summed E-state index contributed by atoms with van der Waals surface area (Å²) in [6.45, 7) is 1.47. The van der Waals surface area contributed by atoms with Gasteiger partial charge in [0.1, 0.15) is 5.82 Å². The van der Waals surface area contributed by atoms with Crippen molar-refractivity contribution in [2.45, 2.75) is 25.2 Å². The van der Waals surface area contributed by atoms with Crippen molar-refractivity contribution in [1.82, 2.24) is 0 Å². The molecule has 0 aromatic heterocycles. The zero-order chi connectivity index (χ0) is 15.7. The van der Waals surface area contributed by atoms with Crippen molar-refractivity contribution in [1.29, 1.82) is 0 Å². The van der Waals surface area contributed by atoms with Crippen LogP contribution in [-0.4, -0.2) is 11.7 Å². The Bertz CT molecular complexity index is 750. The molecule has 0 atom stereocenters. The summed E-state index contributed by atoms with van der Waals surface area (Å²) in [7, 11) is 0. The smallest absolute Gasteiger partial charge is 0.235 e. The second kappa shape index (κ2) is 5.37. The van der Waals surface area contributed by atoms with Crippen molar-refractivity contribution in [2.24, 2.45) is 0 Å². The number of amides is 1. The average Bonchev–Trinajstić information content (AvgIpc) is 3.29. The average molecular weight is 297 g/mol. The topological polar surface area (TPSA) is 46.2 Å². The highest BCUT2D eigenvalue weighted by molar-refractivity contribution is 6.02. The third-order valence-electron chi connectivity index (χ3n) is 4.10. The number of hydrogen-bond acceptors (Lipinski definition) is 2. The first-order valence-corrected chi connectivity index (χ1v) is 7.20. The molecule has 0 unspecified atom stereocenters. The van der Waals surface area contributed by atoms with E-state index < -0.39 is 5.41 Å². The molecule has 112 valence electrons. The van der Waals surface area contributed by atoms with Gasteiger partial charge < -0.3 is 5.32 Å². The Hall–Kier alpha value is -2.49. The largest absolute Gasteiger partial charge is 0.325 e. The van der Waals surface area contributed by atoms with Crippen molar-refractivity contribution in [3.8, 4) is 0 Å². The molecule has 1 N–H and O–H groups in total. The molecule has 0 spiro atoms. The zero-order valence-corrected chi connectivity index (χ0v) is 12.2. The summed E-state index contributed by atoms with van der Waals surface area (Å²) in [5, 5.41) is 2.81. The molecule has 1 aliphatic rings. The molecule has 2 aromatic rings. The fourth-order valence-electron chi connectivity index (χ4n) is 2.66. The molecule has 0 radical (unpaired) electrons. The van der Waals surface area contributed by atoms with Gasteiger partial charge in [-0.2, -0.15) is 0 Å². The van der Waals surface area contributed by atoms with Crippen LogP contribution in [0.3, 0.4) is 0 Å². The normalized spacial score (nSPS) is 15.2. The fraction of sp³-hybridized carbons (Fsp3) is 0.222. The Labute approximate surface area is 128 Å². The van der Waals surface area contributed by atoms with Gasteiger partial charge in [-0.25, -0.2) is 4.39 Å². The highest BCUT2D eigenvalue weighted by Crippen LogP contribution is 2.49. The van der Waals surface area contributed by atoms with Crippen LogP contribution in [0.1, 0.15) is 35.7 Å². The predicted molar refractivity (Wildman–Crippen MR) is 82.4 cm³/mol. The molecule has 2 aromatic carbocycles. The van der Waals surface area contributed by atoms with Crippen LogP contribution in [0.5, 0.6) is 0 Å². The van der Waals surface area contributed by atoms with E-state index in [9.17, 15) is 14.0 Å². The molecule has 0 bridgehead atoms. The summed E-state index contributed by atoms with van der Waals surface area (Å²) in [4.78, 5) is 24.0. The molecule has 1 saturated carbocycles. The molecule has 22 heavy (non-hydrogen) atoms. The van der Waals surface area contributed by atoms with Crippen LogP contribution in [0.2, 0.25) is 0 Å². The van der Waals surface area contributed by atoms with Gasteiger partial charge in [-0.15, -0.1) is 0 Å². The van der Waals surface area contributed by atoms with Crippen LogP contribution >= 0.6 is 0 Å². The Morgan fingerprint density at radius 3 is 2.45 bits per heavy atom. The lowest BCUT2D eigenvalue weighted by atomic mass is 9.94. The van der Waals surface area contributed by atoms with Crippen molar-refractivity contribution in [2.75, 3.05) is 5.32 Å². The van der Waals surface area contributed by atoms with Gasteiger partial charge in [0.05, 0.1) is 5.41 Å². The highest BCUT2D eigenvalue weighted by Gasteiger charge is 2.52. The van der Waals surface area contributed by atoms with Crippen LogP contribution in [0.4, 0.5) is 10.1 Å². The van der Waals surface area contributed by atoms with Crippen LogP contribution in [0, 0.1) is 5.82 Å². The number of Topliss-reactive ketones (excluding diaryl/α,β-unsaturated/α-hetero) is 1. The van der Waals surface area contributed by atoms with Crippen LogP contribution in [-0.2, 0) is 10.2 Å². The van der Waals surface area contributed by atoms with E-state index in [4.69, 9.17) is 0 Å². The van der Waals surface area contributed by atoms with Crippen LogP contribution < -0.4 is 5.32 Å². The quantitative estimate of drug-likeness (QED) is 0.875. The minimum Gasteiger partial charge on any atom is -0.325 e. The van der Waals surface area contributed by atoms with Crippen molar-refractivity contribution in [3.63, 3.8) is 0 Å². The summed E-state index contributed by atoms with van der Waals surface area (Å²) in [6, 6.07) is 13.2. The predicted octanol–water partition coefficient (Wildman–Crippen LogP) is 3.70. The third-order valence-corrected chi connectivity index (χ3v) is 4.10. The number of hydrogen-bond donors (Lipinski definition) is 1. The molecule has 1 amide bonds. The molecule has 3 rings (SSSR count). The lowest BCUT2D eigenvalue weighted by Crippen LogP contribution is -2.28. The van der Waals surface area contributed by atoms with E-state index in [2.05, 4.69) is 5.32 Å². The lowest BCUT2D eigenvalue weighted by molar-refractivity contribution is -0.118. The number of anilines is 1.